The van der Waals surface area contributed by atoms with E-state index in [0.29, 0.717) is 32.5 Å². The third-order valence-corrected chi connectivity index (χ3v) is 6.84. The normalized spacial score (nSPS) is 32.4. The topological polar surface area (TPSA) is 91.2 Å². The lowest BCUT2D eigenvalue weighted by Crippen LogP contribution is -2.45. The monoisotopic (exact) mass is 350 g/mol. The van der Waals surface area contributed by atoms with Crippen LogP contribution >= 0.6 is 0 Å². The van der Waals surface area contributed by atoms with E-state index < -0.39 is 15.4 Å². The molecule has 0 aromatic rings. The molecule has 0 aromatic heterocycles. The number of rotatable bonds is 1. The summed E-state index contributed by atoms with van der Waals surface area (Å²) in [5.74, 6) is 0.845. The van der Waals surface area contributed by atoms with Crippen LogP contribution in [0.25, 0.3) is 0 Å². The number of carbonyl (C=O) groups is 1. The van der Waals surface area contributed by atoms with Gasteiger partial charge in [-0.3, -0.25) is 4.79 Å². The number of hydrogen-bond donors (Lipinski definition) is 1. The van der Waals surface area contributed by atoms with Crippen molar-refractivity contribution in [1.82, 2.24) is 9.62 Å². The fourth-order valence-corrected chi connectivity index (χ4v) is 5.45. The molecule has 0 amide bonds. The largest absolute Gasteiger partial charge is 0.342 e. The zero-order chi connectivity index (χ0) is 17.3. The summed E-state index contributed by atoms with van der Waals surface area (Å²) in [6.07, 6.45) is 3.11. The molecule has 1 aliphatic carbocycles. The molecule has 0 unspecified atom stereocenters. The van der Waals surface area contributed by atoms with Crippen LogP contribution in [0.2, 0.25) is 0 Å². The summed E-state index contributed by atoms with van der Waals surface area (Å²) < 4.78 is 25.6. The van der Waals surface area contributed by atoms with E-state index in [9.17, 15) is 13.2 Å². The van der Waals surface area contributed by atoms with Crippen LogP contribution in [0.15, 0.2) is 32.9 Å². The Kier molecular flexibility index (Phi) is 3.16. The smallest absolute Gasteiger partial charge is 0.211 e. The summed E-state index contributed by atoms with van der Waals surface area (Å²) in [6, 6.07) is 0. The predicted octanol–water partition coefficient (Wildman–Crippen LogP) is 1.56. The van der Waals surface area contributed by atoms with Crippen LogP contribution in [0.5, 0.6) is 0 Å². The Bertz CT molecular complexity index is 837. The lowest BCUT2D eigenvalue weighted by molar-refractivity contribution is -0.119. The van der Waals surface area contributed by atoms with Gasteiger partial charge in [0.25, 0.3) is 0 Å². The van der Waals surface area contributed by atoms with Gasteiger partial charge < -0.3 is 5.32 Å². The number of allylic oxidation sites excluding steroid dienone is 1. The third-order valence-electron chi connectivity index (χ3n) is 5.59. The highest BCUT2D eigenvalue weighted by atomic mass is 32.2. The number of sulfonamides is 1. The molecule has 130 valence electrons. The fraction of sp³-hybridized carbons (Fsp3) is 0.688. The summed E-state index contributed by atoms with van der Waals surface area (Å²) in [5.41, 5.74) is 1.99. The van der Waals surface area contributed by atoms with Gasteiger partial charge >= 0.3 is 0 Å². The van der Waals surface area contributed by atoms with Crippen LogP contribution in [-0.2, 0) is 14.8 Å². The van der Waals surface area contributed by atoms with Gasteiger partial charge in [0.05, 0.1) is 12.8 Å². The SMILES string of the molecule is CC1(C)CC(=O)C2=C(C1)NC1=C(CN=N1)[C@]21CCN(S(C)(=O)=O)C1. The van der Waals surface area contributed by atoms with Crippen LogP contribution in [0.1, 0.15) is 33.1 Å². The molecule has 1 saturated heterocycles. The quantitative estimate of drug-likeness (QED) is 0.777. The first-order valence-electron chi connectivity index (χ1n) is 8.23. The number of ketones is 1. The lowest BCUT2D eigenvalue weighted by Gasteiger charge is -2.43. The first-order valence-corrected chi connectivity index (χ1v) is 10.1. The van der Waals surface area contributed by atoms with Gasteiger partial charge in [0.2, 0.25) is 10.0 Å². The number of hydrogen-bond acceptors (Lipinski definition) is 6. The molecule has 3 heterocycles. The molecule has 3 aliphatic heterocycles. The molecule has 4 rings (SSSR count). The first-order chi connectivity index (χ1) is 11.1. The molecule has 1 spiro atoms. The Balaban J connectivity index is 1.85. The van der Waals surface area contributed by atoms with Gasteiger partial charge in [-0.1, -0.05) is 13.8 Å². The van der Waals surface area contributed by atoms with Crippen molar-refractivity contribution in [2.75, 3.05) is 25.9 Å². The van der Waals surface area contributed by atoms with Gasteiger partial charge in [0.1, 0.15) is 0 Å². The van der Waals surface area contributed by atoms with E-state index in [4.69, 9.17) is 0 Å². The van der Waals surface area contributed by atoms with E-state index >= 15 is 0 Å². The van der Waals surface area contributed by atoms with E-state index in [2.05, 4.69) is 29.4 Å². The Hall–Kier alpha value is -1.54. The van der Waals surface area contributed by atoms with E-state index in [-0.39, 0.29) is 11.2 Å². The van der Waals surface area contributed by atoms with Crippen molar-refractivity contribution in [1.29, 1.82) is 0 Å². The van der Waals surface area contributed by atoms with Crippen molar-refractivity contribution in [3.8, 4) is 0 Å². The number of Topliss-reactive ketones (excluding diaryl/α,β-unsaturated/α-hetero) is 1. The molecule has 0 saturated carbocycles. The number of nitrogens with zero attached hydrogens (tertiary/aromatic N) is 3. The van der Waals surface area contributed by atoms with Crippen molar-refractivity contribution < 1.29 is 13.2 Å². The van der Waals surface area contributed by atoms with Gasteiger partial charge in [-0.05, 0) is 18.3 Å². The van der Waals surface area contributed by atoms with Crippen molar-refractivity contribution in [2.45, 2.75) is 33.1 Å². The van der Waals surface area contributed by atoms with Crippen molar-refractivity contribution in [3.05, 3.63) is 22.7 Å². The summed E-state index contributed by atoms with van der Waals surface area (Å²) in [6.45, 7) is 5.36. The molecule has 1 fully saturated rings. The maximum atomic E-state index is 13.0. The molecule has 24 heavy (non-hydrogen) atoms. The zero-order valence-electron chi connectivity index (χ0n) is 14.2. The summed E-state index contributed by atoms with van der Waals surface area (Å²) in [7, 11) is -3.29. The highest BCUT2D eigenvalue weighted by Gasteiger charge is 2.55. The Morgan fingerprint density at radius 1 is 1.25 bits per heavy atom. The standard InChI is InChI=1S/C16H22N4O3S/c1-15(2)6-11-13(12(21)7-15)16(10-8-17-19-14(10)18-11)4-5-20(9-16)24(3,22)23/h18H,4-9H2,1-3H3/t16-/m1/s1. The summed E-state index contributed by atoms with van der Waals surface area (Å²) in [4.78, 5) is 13.0. The number of dihydropyridines is 1. The molecule has 0 aromatic carbocycles. The second-order valence-electron chi connectivity index (χ2n) is 8.07. The molecular formula is C16H22N4O3S. The fourth-order valence-electron chi connectivity index (χ4n) is 4.58. The van der Waals surface area contributed by atoms with E-state index in [1.54, 1.807) is 0 Å². The van der Waals surface area contributed by atoms with Crippen LogP contribution < -0.4 is 5.32 Å². The van der Waals surface area contributed by atoms with E-state index in [1.807, 2.05) is 0 Å². The average Bonchev–Trinajstić information content (AvgIpc) is 3.03. The Labute approximate surface area is 141 Å². The highest BCUT2D eigenvalue weighted by Crippen LogP contribution is 2.54. The second-order valence-corrected chi connectivity index (χ2v) is 10.1. The molecule has 1 atom stereocenters. The molecular weight excluding hydrogens is 328 g/mol. The Morgan fingerprint density at radius 2 is 2.00 bits per heavy atom. The molecule has 0 radical (unpaired) electrons. The third kappa shape index (κ3) is 2.19. The number of carbonyl (C=O) groups excluding carboxylic acids is 1. The van der Waals surface area contributed by atoms with Crippen molar-refractivity contribution in [3.63, 3.8) is 0 Å². The minimum Gasteiger partial charge on any atom is -0.342 e. The minimum absolute atomic E-state index is 0.104. The average molecular weight is 350 g/mol. The van der Waals surface area contributed by atoms with Crippen LogP contribution in [-0.4, -0.2) is 44.4 Å². The molecule has 7 nitrogen and oxygen atoms in total. The predicted molar refractivity (Wildman–Crippen MR) is 88.4 cm³/mol. The number of nitrogens with one attached hydrogen (secondary N) is 1. The molecule has 4 aliphatic rings. The van der Waals surface area contributed by atoms with E-state index in [1.165, 1.54) is 10.6 Å². The van der Waals surface area contributed by atoms with Gasteiger partial charge in [-0.25, -0.2) is 12.7 Å². The highest BCUT2D eigenvalue weighted by molar-refractivity contribution is 7.88. The van der Waals surface area contributed by atoms with Gasteiger partial charge in [-0.15, -0.1) is 5.11 Å². The summed E-state index contributed by atoms with van der Waals surface area (Å²) in [5, 5.41) is 11.7. The molecule has 1 N–H and O–H groups in total. The van der Waals surface area contributed by atoms with Crippen LogP contribution in [0.4, 0.5) is 0 Å². The van der Waals surface area contributed by atoms with Gasteiger partial charge in [0.15, 0.2) is 11.6 Å². The maximum Gasteiger partial charge on any atom is 0.211 e. The van der Waals surface area contributed by atoms with Crippen LogP contribution in [0.3, 0.4) is 0 Å². The van der Waals surface area contributed by atoms with E-state index in [0.717, 1.165) is 29.1 Å². The minimum atomic E-state index is -3.29. The Morgan fingerprint density at radius 3 is 2.67 bits per heavy atom. The van der Waals surface area contributed by atoms with Crippen molar-refractivity contribution in [2.24, 2.45) is 21.1 Å². The summed E-state index contributed by atoms with van der Waals surface area (Å²) >= 11 is 0. The first kappa shape index (κ1) is 16.0. The number of azo groups is 1. The number of fused-ring (bicyclic) bond motifs is 2. The zero-order valence-corrected chi connectivity index (χ0v) is 15.0. The van der Waals surface area contributed by atoms with Crippen molar-refractivity contribution >= 4 is 15.8 Å². The second kappa shape index (κ2) is 4.76. The molecule has 0 bridgehead atoms. The lowest BCUT2D eigenvalue weighted by atomic mass is 9.63. The van der Waals surface area contributed by atoms with Gasteiger partial charge in [-0.2, -0.15) is 5.11 Å². The maximum absolute atomic E-state index is 13.0. The van der Waals surface area contributed by atoms with Crippen LogP contribution in [0, 0.1) is 10.8 Å². The van der Waals surface area contributed by atoms with Gasteiger partial charge in [0, 0.05) is 41.8 Å². The molecule has 8 heteroatoms.